The zero-order valence-corrected chi connectivity index (χ0v) is 12.0. The molecule has 21 heavy (non-hydrogen) atoms. The van der Waals surface area contributed by atoms with Crippen LogP contribution in [0.15, 0.2) is 54.6 Å². The van der Waals surface area contributed by atoms with Crippen LogP contribution in [0.3, 0.4) is 0 Å². The van der Waals surface area contributed by atoms with Crippen LogP contribution >= 0.6 is 0 Å². The van der Waals surface area contributed by atoms with E-state index < -0.39 is 0 Å². The Morgan fingerprint density at radius 1 is 1.10 bits per heavy atom. The number of fused-ring (bicyclic) bond motifs is 1. The quantitative estimate of drug-likeness (QED) is 0.827. The summed E-state index contributed by atoms with van der Waals surface area (Å²) in [5, 5.41) is 6.31. The van der Waals surface area contributed by atoms with Gasteiger partial charge in [-0.25, -0.2) is 0 Å². The second-order valence-corrected chi connectivity index (χ2v) is 5.44. The molecule has 2 N–H and O–H groups in total. The highest BCUT2D eigenvalue weighted by Crippen LogP contribution is 2.24. The monoisotopic (exact) mass is 280 g/mol. The summed E-state index contributed by atoms with van der Waals surface area (Å²) in [6.07, 6.45) is 2.75. The number of anilines is 1. The number of hydrogen-bond donors (Lipinski definition) is 2. The van der Waals surface area contributed by atoms with E-state index in [-0.39, 0.29) is 11.9 Å². The Bertz CT molecular complexity index is 585. The lowest BCUT2D eigenvalue weighted by molar-refractivity contribution is -0.121. The summed E-state index contributed by atoms with van der Waals surface area (Å²) >= 11 is 0. The largest absolute Gasteiger partial charge is 0.373 e. The standard InChI is InChI=1S/C18H20N2O/c21-18(17-13-15-10-4-5-11-16(15)20-17)19-12-6-9-14-7-2-1-3-8-14/h1-5,7-8,10-11,17,20H,6,9,12-13H2,(H,19,21). The van der Waals surface area contributed by atoms with E-state index in [4.69, 9.17) is 0 Å². The maximum atomic E-state index is 12.2. The van der Waals surface area contributed by atoms with Crippen LogP contribution < -0.4 is 10.6 Å². The summed E-state index contributed by atoms with van der Waals surface area (Å²) in [4.78, 5) is 12.2. The molecule has 0 spiro atoms. The van der Waals surface area contributed by atoms with Crippen LogP contribution in [0.25, 0.3) is 0 Å². The van der Waals surface area contributed by atoms with Gasteiger partial charge in [-0.3, -0.25) is 4.79 Å². The molecule has 0 saturated carbocycles. The average Bonchev–Trinajstić information content (AvgIpc) is 2.96. The van der Waals surface area contributed by atoms with Crippen molar-refractivity contribution in [3.63, 3.8) is 0 Å². The molecule has 0 bridgehead atoms. The molecule has 3 rings (SSSR count). The molecule has 1 heterocycles. The molecule has 0 fully saturated rings. The minimum absolute atomic E-state index is 0.0965. The smallest absolute Gasteiger partial charge is 0.242 e. The van der Waals surface area contributed by atoms with Crippen molar-refractivity contribution in [1.29, 1.82) is 0 Å². The molecule has 2 aromatic rings. The molecule has 0 saturated heterocycles. The Morgan fingerprint density at radius 2 is 1.86 bits per heavy atom. The highest BCUT2D eigenvalue weighted by molar-refractivity contribution is 5.87. The normalized spacial score (nSPS) is 16.1. The van der Waals surface area contributed by atoms with Crippen LogP contribution in [-0.4, -0.2) is 18.5 Å². The maximum absolute atomic E-state index is 12.2. The first-order chi connectivity index (χ1) is 10.3. The number of carbonyl (C=O) groups is 1. The third-order valence-electron chi connectivity index (χ3n) is 3.87. The summed E-state index contributed by atoms with van der Waals surface area (Å²) in [6, 6.07) is 18.3. The minimum atomic E-state index is -0.126. The van der Waals surface area contributed by atoms with Crippen molar-refractivity contribution in [2.45, 2.75) is 25.3 Å². The van der Waals surface area contributed by atoms with Crippen molar-refractivity contribution in [3.8, 4) is 0 Å². The average molecular weight is 280 g/mol. The molecule has 108 valence electrons. The Morgan fingerprint density at radius 3 is 2.67 bits per heavy atom. The number of aryl methyl sites for hydroxylation is 1. The predicted octanol–water partition coefficient (Wildman–Crippen LogP) is 2.77. The number of hydrogen-bond acceptors (Lipinski definition) is 2. The van der Waals surface area contributed by atoms with E-state index >= 15 is 0 Å². The molecule has 1 unspecified atom stereocenters. The number of amides is 1. The number of nitrogens with one attached hydrogen (secondary N) is 2. The summed E-state index contributed by atoms with van der Waals surface area (Å²) in [6.45, 7) is 0.724. The van der Waals surface area contributed by atoms with Crippen molar-refractivity contribution in [2.75, 3.05) is 11.9 Å². The molecule has 1 amide bonds. The van der Waals surface area contributed by atoms with Gasteiger partial charge in [0, 0.05) is 18.7 Å². The van der Waals surface area contributed by atoms with E-state index in [1.54, 1.807) is 0 Å². The molecule has 1 atom stereocenters. The topological polar surface area (TPSA) is 41.1 Å². The van der Waals surface area contributed by atoms with Gasteiger partial charge in [0.15, 0.2) is 0 Å². The molecular formula is C18H20N2O. The minimum Gasteiger partial charge on any atom is -0.373 e. The van der Waals surface area contributed by atoms with Crippen LogP contribution in [-0.2, 0) is 17.6 Å². The second kappa shape index (κ2) is 6.44. The van der Waals surface area contributed by atoms with E-state index in [9.17, 15) is 4.79 Å². The van der Waals surface area contributed by atoms with Crippen LogP contribution in [0.2, 0.25) is 0 Å². The molecule has 0 aromatic heterocycles. The van der Waals surface area contributed by atoms with Crippen LogP contribution in [0.1, 0.15) is 17.5 Å². The Kier molecular flexibility index (Phi) is 4.20. The fraction of sp³-hybridized carbons (Fsp3) is 0.278. The van der Waals surface area contributed by atoms with Crippen molar-refractivity contribution in [1.82, 2.24) is 5.32 Å². The van der Waals surface area contributed by atoms with E-state index in [2.05, 4.69) is 28.8 Å². The first-order valence-corrected chi connectivity index (χ1v) is 7.49. The number of rotatable bonds is 5. The molecular weight excluding hydrogens is 260 g/mol. The molecule has 3 heteroatoms. The molecule has 3 nitrogen and oxygen atoms in total. The first-order valence-electron chi connectivity index (χ1n) is 7.49. The van der Waals surface area contributed by atoms with Gasteiger partial charge in [0.1, 0.15) is 6.04 Å². The fourth-order valence-corrected chi connectivity index (χ4v) is 2.73. The Labute approximate surface area is 125 Å². The fourth-order valence-electron chi connectivity index (χ4n) is 2.73. The predicted molar refractivity (Wildman–Crippen MR) is 85.3 cm³/mol. The van der Waals surface area contributed by atoms with Gasteiger partial charge in [-0.15, -0.1) is 0 Å². The van der Waals surface area contributed by atoms with Gasteiger partial charge in [-0.05, 0) is 30.0 Å². The second-order valence-electron chi connectivity index (χ2n) is 5.44. The molecule has 0 radical (unpaired) electrons. The maximum Gasteiger partial charge on any atom is 0.242 e. The molecule has 1 aliphatic heterocycles. The highest BCUT2D eigenvalue weighted by Gasteiger charge is 2.25. The van der Waals surface area contributed by atoms with Gasteiger partial charge in [-0.2, -0.15) is 0 Å². The molecule has 1 aliphatic rings. The zero-order chi connectivity index (χ0) is 14.5. The van der Waals surface area contributed by atoms with Gasteiger partial charge in [0.2, 0.25) is 5.91 Å². The summed E-state index contributed by atoms with van der Waals surface area (Å²) in [7, 11) is 0. The summed E-state index contributed by atoms with van der Waals surface area (Å²) in [5.74, 6) is 0.0965. The summed E-state index contributed by atoms with van der Waals surface area (Å²) < 4.78 is 0. The molecule has 2 aromatic carbocycles. The van der Waals surface area contributed by atoms with Crippen LogP contribution in [0.4, 0.5) is 5.69 Å². The van der Waals surface area contributed by atoms with Gasteiger partial charge in [-0.1, -0.05) is 48.5 Å². The SMILES string of the molecule is O=C(NCCCc1ccccc1)C1Cc2ccccc2N1. The van der Waals surface area contributed by atoms with E-state index in [1.807, 2.05) is 36.4 Å². The lowest BCUT2D eigenvalue weighted by atomic mass is 10.1. The van der Waals surface area contributed by atoms with E-state index in [0.29, 0.717) is 0 Å². The summed E-state index contributed by atoms with van der Waals surface area (Å²) in [5.41, 5.74) is 3.63. The zero-order valence-electron chi connectivity index (χ0n) is 12.0. The highest BCUT2D eigenvalue weighted by atomic mass is 16.2. The van der Waals surface area contributed by atoms with Crippen molar-refractivity contribution < 1.29 is 4.79 Å². The van der Waals surface area contributed by atoms with Crippen LogP contribution in [0, 0.1) is 0 Å². The Balaban J connectivity index is 1.42. The lowest BCUT2D eigenvalue weighted by Crippen LogP contribution is -2.38. The van der Waals surface area contributed by atoms with Gasteiger partial charge >= 0.3 is 0 Å². The van der Waals surface area contributed by atoms with Gasteiger partial charge in [0.05, 0.1) is 0 Å². The number of benzene rings is 2. The lowest BCUT2D eigenvalue weighted by Gasteiger charge is -2.12. The van der Waals surface area contributed by atoms with Crippen molar-refractivity contribution in [2.24, 2.45) is 0 Å². The van der Waals surface area contributed by atoms with E-state index in [0.717, 1.165) is 31.5 Å². The number of para-hydroxylation sites is 1. The third-order valence-corrected chi connectivity index (χ3v) is 3.87. The third kappa shape index (κ3) is 3.43. The van der Waals surface area contributed by atoms with Gasteiger partial charge < -0.3 is 10.6 Å². The van der Waals surface area contributed by atoms with Crippen molar-refractivity contribution in [3.05, 3.63) is 65.7 Å². The number of carbonyl (C=O) groups excluding carboxylic acids is 1. The van der Waals surface area contributed by atoms with Crippen molar-refractivity contribution >= 4 is 11.6 Å². The van der Waals surface area contributed by atoms with Crippen LogP contribution in [0.5, 0.6) is 0 Å². The Hall–Kier alpha value is -2.29. The first kappa shape index (κ1) is 13.7. The van der Waals surface area contributed by atoms with Gasteiger partial charge in [0.25, 0.3) is 0 Å². The molecule has 0 aliphatic carbocycles. The van der Waals surface area contributed by atoms with E-state index in [1.165, 1.54) is 11.1 Å².